The number of rotatable bonds is 10. The molecule has 1 amide bonds. The number of aromatic nitrogens is 2. The first kappa shape index (κ1) is 27.8. The normalized spacial score (nSPS) is 13.4. The van der Waals surface area contributed by atoms with Gasteiger partial charge in [0.15, 0.2) is 0 Å². The molecule has 3 N–H and O–H groups in total. The maximum absolute atomic E-state index is 14.7. The molecule has 0 aliphatic rings. The van der Waals surface area contributed by atoms with Gasteiger partial charge in [0.2, 0.25) is 5.91 Å². The molecule has 0 aliphatic carbocycles. The molecule has 0 spiro atoms. The van der Waals surface area contributed by atoms with Gasteiger partial charge < -0.3 is 20.3 Å². The number of nitrogens with two attached hydrogens (primary N) is 1. The topological polar surface area (TPSA) is 84.4 Å². The maximum Gasteiger partial charge on any atom is 0.248 e. The molecule has 2 unspecified atom stereocenters. The summed E-state index contributed by atoms with van der Waals surface area (Å²) in [5, 5.41) is 9.82. The average Bonchev–Trinajstić information content (AvgIpc) is 3.24. The zero-order chi connectivity index (χ0) is 26.5. The number of halogens is 2. The Hall–Kier alpha value is -2.75. The minimum atomic E-state index is -0.679. The maximum atomic E-state index is 14.7. The Balaban J connectivity index is 2.22. The standard InChI is InChI=1S/C27H34F2N4O2S/c1-27(2,3)25(33(24(35)16-34)14-19(12-30)17-36)26-31-23(21-11-20(28)9-10-22(21)29)15-32(26)13-18-7-5-4-6-8-18/h4-11,15,19,25,34,36H,12-14,16-17,30H2,1-3H3. The summed E-state index contributed by atoms with van der Waals surface area (Å²) in [4.78, 5) is 19.4. The monoisotopic (exact) mass is 516 g/mol. The third-order valence-corrected chi connectivity index (χ3v) is 6.60. The van der Waals surface area contributed by atoms with E-state index in [4.69, 9.17) is 10.7 Å². The summed E-state index contributed by atoms with van der Waals surface area (Å²) in [5.74, 6) is -0.785. The quantitative estimate of drug-likeness (QED) is 0.351. The van der Waals surface area contributed by atoms with Crippen LogP contribution in [-0.2, 0) is 11.3 Å². The Labute approximate surface area is 216 Å². The molecule has 0 bridgehead atoms. The van der Waals surface area contributed by atoms with E-state index in [2.05, 4.69) is 12.6 Å². The van der Waals surface area contributed by atoms with Crippen LogP contribution in [-0.4, -0.2) is 50.9 Å². The number of hydrogen-bond acceptors (Lipinski definition) is 5. The average molecular weight is 517 g/mol. The fourth-order valence-electron chi connectivity index (χ4n) is 4.30. The molecule has 6 nitrogen and oxygen atoms in total. The molecule has 0 saturated carbocycles. The van der Waals surface area contributed by atoms with Crippen molar-refractivity contribution in [3.05, 3.63) is 77.8 Å². The Morgan fingerprint density at radius 3 is 2.47 bits per heavy atom. The molecule has 0 radical (unpaired) electrons. The van der Waals surface area contributed by atoms with E-state index in [0.717, 1.165) is 23.8 Å². The van der Waals surface area contributed by atoms with Gasteiger partial charge in [0, 0.05) is 24.8 Å². The van der Waals surface area contributed by atoms with Crippen molar-refractivity contribution in [2.75, 3.05) is 25.4 Å². The SMILES string of the molecule is CC(C)(C)C(c1nc(-c2cc(F)ccc2F)cn1Cc1ccccc1)N(CC(CN)CS)C(=O)CO. The van der Waals surface area contributed by atoms with E-state index in [0.29, 0.717) is 24.7 Å². The zero-order valence-electron chi connectivity index (χ0n) is 20.9. The van der Waals surface area contributed by atoms with Gasteiger partial charge in [-0.25, -0.2) is 13.8 Å². The van der Waals surface area contributed by atoms with E-state index in [1.807, 2.05) is 55.7 Å². The summed E-state index contributed by atoms with van der Waals surface area (Å²) in [7, 11) is 0. The van der Waals surface area contributed by atoms with Crippen molar-refractivity contribution < 1.29 is 18.7 Å². The summed E-state index contributed by atoms with van der Waals surface area (Å²) in [5.41, 5.74) is 6.66. The fraction of sp³-hybridized carbons (Fsp3) is 0.407. The Morgan fingerprint density at radius 1 is 1.19 bits per heavy atom. The van der Waals surface area contributed by atoms with Crippen LogP contribution in [0, 0.1) is 23.0 Å². The van der Waals surface area contributed by atoms with Gasteiger partial charge in [-0.3, -0.25) is 4.79 Å². The van der Waals surface area contributed by atoms with Gasteiger partial charge >= 0.3 is 0 Å². The lowest BCUT2D eigenvalue weighted by Crippen LogP contribution is -2.47. The van der Waals surface area contributed by atoms with E-state index >= 15 is 0 Å². The fourth-order valence-corrected chi connectivity index (χ4v) is 4.56. The first-order chi connectivity index (χ1) is 17.1. The lowest BCUT2D eigenvalue weighted by molar-refractivity contribution is -0.140. The Kier molecular flexibility index (Phi) is 9.27. The van der Waals surface area contributed by atoms with Crippen molar-refractivity contribution in [3.63, 3.8) is 0 Å². The van der Waals surface area contributed by atoms with E-state index in [-0.39, 0.29) is 23.7 Å². The van der Waals surface area contributed by atoms with Gasteiger partial charge in [0.25, 0.3) is 0 Å². The second-order valence-corrected chi connectivity index (χ2v) is 10.3. The second-order valence-electron chi connectivity index (χ2n) is 9.98. The summed E-state index contributed by atoms with van der Waals surface area (Å²) in [6.07, 6.45) is 1.68. The first-order valence-corrected chi connectivity index (χ1v) is 12.5. The highest BCUT2D eigenvalue weighted by molar-refractivity contribution is 7.80. The van der Waals surface area contributed by atoms with Crippen LogP contribution < -0.4 is 5.73 Å². The van der Waals surface area contributed by atoms with Crippen LogP contribution in [0.25, 0.3) is 11.3 Å². The van der Waals surface area contributed by atoms with Crippen LogP contribution in [0.2, 0.25) is 0 Å². The smallest absolute Gasteiger partial charge is 0.248 e. The molecule has 1 aromatic heterocycles. The number of carbonyl (C=O) groups is 1. The van der Waals surface area contributed by atoms with Gasteiger partial charge in [-0.2, -0.15) is 12.6 Å². The number of nitrogens with zero attached hydrogens (tertiary/aromatic N) is 3. The van der Waals surface area contributed by atoms with Crippen molar-refractivity contribution in [1.82, 2.24) is 14.5 Å². The van der Waals surface area contributed by atoms with Gasteiger partial charge in [-0.05, 0) is 47.4 Å². The highest BCUT2D eigenvalue weighted by Gasteiger charge is 2.39. The number of thiol groups is 1. The summed E-state index contributed by atoms with van der Waals surface area (Å²) in [6.45, 7) is 6.21. The van der Waals surface area contributed by atoms with Crippen molar-refractivity contribution in [1.29, 1.82) is 0 Å². The van der Waals surface area contributed by atoms with Crippen LogP contribution in [0.1, 0.15) is 38.2 Å². The van der Waals surface area contributed by atoms with E-state index < -0.39 is 35.6 Å². The van der Waals surface area contributed by atoms with Crippen molar-refractivity contribution in [2.24, 2.45) is 17.1 Å². The molecular formula is C27H34F2N4O2S. The molecule has 194 valence electrons. The summed E-state index contributed by atoms with van der Waals surface area (Å²) < 4.78 is 30.6. The Morgan fingerprint density at radius 2 is 1.89 bits per heavy atom. The predicted molar refractivity (Wildman–Crippen MR) is 141 cm³/mol. The van der Waals surface area contributed by atoms with Gasteiger partial charge in [0.05, 0.1) is 11.7 Å². The number of carbonyl (C=O) groups excluding carboxylic acids is 1. The number of imidazole rings is 1. The number of aliphatic hydroxyl groups is 1. The van der Waals surface area contributed by atoms with Crippen molar-refractivity contribution >= 4 is 18.5 Å². The number of hydrogen-bond donors (Lipinski definition) is 3. The van der Waals surface area contributed by atoms with Crippen LogP contribution in [0.3, 0.4) is 0 Å². The lowest BCUT2D eigenvalue weighted by Gasteiger charge is -2.41. The minimum absolute atomic E-state index is 0.0333. The van der Waals surface area contributed by atoms with E-state index in [9.17, 15) is 18.7 Å². The van der Waals surface area contributed by atoms with Gasteiger partial charge in [-0.1, -0.05) is 51.1 Å². The van der Waals surface area contributed by atoms with Crippen LogP contribution >= 0.6 is 12.6 Å². The highest BCUT2D eigenvalue weighted by atomic mass is 32.1. The number of benzene rings is 2. The third kappa shape index (κ3) is 6.52. The molecule has 9 heteroatoms. The molecular weight excluding hydrogens is 482 g/mol. The molecule has 0 fully saturated rings. The predicted octanol–water partition coefficient (Wildman–Crippen LogP) is 4.29. The first-order valence-electron chi connectivity index (χ1n) is 11.9. The molecule has 1 heterocycles. The van der Waals surface area contributed by atoms with Crippen molar-refractivity contribution in [3.8, 4) is 11.3 Å². The largest absolute Gasteiger partial charge is 0.387 e. The highest BCUT2D eigenvalue weighted by Crippen LogP contribution is 2.39. The van der Waals surface area contributed by atoms with Crippen LogP contribution in [0.5, 0.6) is 0 Å². The molecule has 36 heavy (non-hydrogen) atoms. The van der Waals surface area contributed by atoms with E-state index in [1.165, 1.54) is 0 Å². The molecule has 3 aromatic rings. The van der Waals surface area contributed by atoms with E-state index in [1.54, 1.807) is 11.1 Å². The Bertz CT molecular complexity index is 1160. The molecule has 3 rings (SSSR count). The summed E-state index contributed by atoms with van der Waals surface area (Å²) >= 11 is 4.38. The molecule has 0 aliphatic heterocycles. The second kappa shape index (κ2) is 12.0. The molecule has 2 aromatic carbocycles. The van der Waals surface area contributed by atoms with Gasteiger partial charge in [0.1, 0.15) is 24.1 Å². The van der Waals surface area contributed by atoms with Crippen molar-refractivity contribution in [2.45, 2.75) is 33.4 Å². The van der Waals surface area contributed by atoms with Crippen LogP contribution in [0.15, 0.2) is 54.7 Å². The molecule has 0 saturated heterocycles. The summed E-state index contributed by atoms with van der Waals surface area (Å²) in [6, 6.07) is 12.3. The third-order valence-electron chi connectivity index (χ3n) is 6.09. The molecule has 2 atom stereocenters. The lowest BCUT2D eigenvalue weighted by atomic mass is 9.84. The number of amides is 1. The zero-order valence-corrected chi connectivity index (χ0v) is 21.8. The van der Waals surface area contributed by atoms with Gasteiger partial charge in [-0.15, -0.1) is 0 Å². The van der Waals surface area contributed by atoms with Crippen LogP contribution in [0.4, 0.5) is 8.78 Å². The number of aliphatic hydroxyl groups excluding tert-OH is 1. The minimum Gasteiger partial charge on any atom is -0.387 e.